The van der Waals surface area contributed by atoms with Crippen molar-refractivity contribution in [2.45, 2.75) is 19.7 Å². The number of hydrogen-bond donors (Lipinski definition) is 0. The Morgan fingerprint density at radius 2 is 2.57 bits per heavy atom. The van der Waals surface area contributed by atoms with Gasteiger partial charge in [-0.2, -0.15) is 5.10 Å². The van der Waals surface area contributed by atoms with E-state index in [2.05, 4.69) is 10.3 Å². The van der Waals surface area contributed by atoms with Crippen molar-refractivity contribution in [3.05, 3.63) is 22.9 Å². The number of nitroso groups, excluding NO2 is 1. The van der Waals surface area contributed by atoms with Crippen LogP contribution < -0.4 is 0 Å². The van der Waals surface area contributed by atoms with E-state index >= 15 is 0 Å². The maximum atomic E-state index is 10.5. The molecule has 0 saturated carbocycles. The molecule has 1 aromatic heterocycles. The van der Waals surface area contributed by atoms with Crippen LogP contribution in [0.1, 0.15) is 17.4 Å². The SMILES string of the molecule is CCOC(Cn1nccc1C=O)N=O. The van der Waals surface area contributed by atoms with Crippen molar-refractivity contribution in [3.8, 4) is 0 Å². The van der Waals surface area contributed by atoms with Gasteiger partial charge in [0.2, 0.25) is 6.23 Å². The number of ether oxygens (including phenoxy) is 1. The molecule has 1 atom stereocenters. The first kappa shape index (κ1) is 10.5. The van der Waals surface area contributed by atoms with Crippen molar-refractivity contribution >= 4 is 6.29 Å². The molecule has 0 aromatic carbocycles. The molecule has 6 heteroatoms. The molecule has 0 radical (unpaired) electrons. The van der Waals surface area contributed by atoms with E-state index in [4.69, 9.17) is 4.74 Å². The highest BCUT2D eigenvalue weighted by Gasteiger charge is 2.11. The lowest BCUT2D eigenvalue weighted by molar-refractivity contribution is 0.0528. The van der Waals surface area contributed by atoms with Crippen molar-refractivity contribution in [1.82, 2.24) is 9.78 Å². The van der Waals surface area contributed by atoms with E-state index < -0.39 is 6.23 Å². The van der Waals surface area contributed by atoms with Crippen LogP contribution in [0.2, 0.25) is 0 Å². The normalized spacial score (nSPS) is 12.4. The van der Waals surface area contributed by atoms with Gasteiger partial charge in [0, 0.05) is 12.8 Å². The fraction of sp³-hybridized carbons (Fsp3) is 0.500. The summed E-state index contributed by atoms with van der Waals surface area (Å²) in [5.41, 5.74) is 0.401. The first-order valence-corrected chi connectivity index (χ1v) is 4.22. The predicted octanol–water partition coefficient (Wildman–Crippen LogP) is 0.825. The summed E-state index contributed by atoms with van der Waals surface area (Å²) in [4.78, 5) is 20.8. The van der Waals surface area contributed by atoms with Crippen molar-refractivity contribution in [3.63, 3.8) is 0 Å². The molecule has 0 N–H and O–H groups in total. The van der Waals surface area contributed by atoms with Gasteiger partial charge in [-0.25, -0.2) is 0 Å². The minimum atomic E-state index is -0.793. The molecule has 1 rings (SSSR count). The second-order valence-electron chi connectivity index (χ2n) is 2.57. The average Bonchev–Trinajstić information content (AvgIpc) is 2.64. The lowest BCUT2D eigenvalue weighted by atomic mass is 10.4. The zero-order valence-corrected chi connectivity index (χ0v) is 7.79. The highest BCUT2D eigenvalue weighted by Crippen LogP contribution is 2.01. The fourth-order valence-electron chi connectivity index (χ4n) is 1.05. The van der Waals surface area contributed by atoms with Crippen LogP contribution in [0.3, 0.4) is 0 Å². The third-order valence-corrected chi connectivity index (χ3v) is 1.68. The Kier molecular flexibility index (Phi) is 3.93. The monoisotopic (exact) mass is 197 g/mol. The fourth-order valence-corrected chi connectivity index (χ4v) is 1.05. The van der Waals surface area contributed by atoms with Gasteiger partial charge < -0.3 is 4.74 Å². The number of rotatable bonds is 6. The molecule has 14 heavy (non-hydrogen) atoms. The predicted molar refractivity (Wildman–Crippen MR) is 48.8 cm³/mol. The maximum absolute atomic E-state index is 10.5. The molecular formula is C8H11N3O3. The molecule has 1 aromatic rings. The molecule has 0 aliphatic heterocycles. The number of carbonyl (C=O) groups is 1. The highest BCUT2D eigenvalue weighted by atomic mass is 16.5. The van der Waals surface area contributed by atoms with E-state index in [0.717, 1.165) is 0 Å². The van der Waals surface area contributed by atoms with Crippen molar-refractivity contribution in [1.29, 1.82) is 0 Å². The summed E-state index contributed by atoms with van der Waals surface area (Å²) in [6.07, 6.45) is 1.36. The van der Waals surface area contributed by atoms with Crippen LogP contribution in [-0.4, -0.2) is 28.9 Å². The summed E-state index contributed by atoms with van der Waals surface area (Å²) in [6, 6.07) is 1.56. The largest absolute Gasteiger partial charge is 0.352 e. The molecular weight excluding hydrogens is 186 g/mol. The lowest BCUT2D eigenvalue weighted by Gasteiger charge is -2.09. The van der Waals surface area contributed by atoms with Crippen LogP contribution in [0.25, 0.3) is 0 Å². The number of nitrogens with zero attached hydrogens (tertiary/aromatic N) is 3. The van der Waals surface area contributed by atoms with Gasteiger partial charge in [-0.15, -0.1) is 4.91 Å². The maximum Gasteiger partial charge on any atom is 0.209 e. The summed E-state index contributed by atoms with van der Waals surface area (Å²) in [5.74, 6) is 0. The van der Waals surface area contributed by atoms with Gasteiger partial charge in [-0.3, -0.25) is 9.48 Å². The smallest absolute Gasteiger partial charge is 0.209 e. The van der Waals surface area contributed by atoms with Crippen LogP contribution in [0, 0.1) is 4.91 Å². The molecule has 76 valence electrons. The standard InChI is InChI=1S/C8H11N3O3/c1-2-14-8(10-13)5-11-7(6-12)3-4-9-11/h3-4,6,8H,2,5H2,1H3. The summed E-state index contributed by atoms with van der Waals surface area (Å²) < 4.78 is 6.39. The van der Waals surface area contributed by atoms with E-state index in [0.29, 0.717) is 18.6 Å². The molecule has 0 spiro atoms. The molecule has 0 saturated heterocycles. The van der Waals surface area contributed by atoms with Crippen molar-refractivity contribution < 1.29 is 9.53 Å². The van der Waals surface area contributed by atoms with Crippen molar-refractivity contribution in [2.24, 2.45) is 5.18 Å². The first-order chi connectivity index (χ1) is 6.81. The third kappa shape index (κ3) is 2.46. The summed E-state index contributed by atoms with van der Waals surface area (Å²) in [5, 5.41) is 6.64. The molecule has 0 bridgehead atoms. The highest BCUT2D eigenvalue weighted by molar-refractivity contribution is 5.71. The Labute approximate surface area is 80.8 Å². The van der Waals surface area contributed by atoms with Crippen LogP contribution in [0.15, 0.2) is 17.4 Å². The van der Waals surface area contributed by atoms with Crippen molar-refractivity contribution in [2.75, 3.05) is 6.61 Å². The molecule has 1 unspecified atom stereocenters. The topological polar surface area (TPSA) is 73.6 Å². The van der Waals surface area contributed by atoms with Gasteiger partial charge in [0.25, 0.3) is 0 Å². The molecule has 0 amide bonds. The zero-order valence-electron chi connectivity index (χ0n) is 7.79. The second-order valence-corrected chi connectivity index (χ2v) is 2.57. The Hall–Kier alpha value is -1.56. The second kappa shape index (κ2) is 5.23. The van der Waals surface area contributed by atoms with E-state index in [1.165, 1.54) is 10.9 Å². The Morgan fingerprint density at radius 3 is 3.14 bits per heavy atom. The van der Waals surface area contributed by atoms with Crippen LogP contribution in [-0.2, 0) is 11.3 Å². The van der Waals surface area contributed by atoms with Crippen LogP contribution >= 0.6 is 0 Å². The number of hydrogen-bond acceptors (Lipinski definition) is 5. The van der Waals surface area contributed by atoms with Gasteiger partial charge >= 0.3 is 0 Å². The van der Waals surface area contributed by atoms with Crippen LogP contribution in [0.5, 0.6) is 0 Å². The van der Waals surface area contributed by atoms with Gasteiger partial charge in [0.1, 0.15) is 5.69 Å². The molecule has 0 fully saturated rings. The Bertz CT molecular complexity index is 311. The summed E-state index contributed by atoms with van der Waals surface area (Å²) in [6.45, 7) is 2.33. The van der Waals surface area contributed by atoms with Gasteiger partial charge in [0.05, 0.1) is 6.54 Å². The number of aldehydes is 1. The lowest BCUT2D eigenvalue weighted by Crippen LogP contribution is -2.19. The zero-order chi connectivity index (χ0) is 10.4. The first-order valence-electron chi connectivity index (χ1n) is 4.22. The average molecular weight is 197 g/mol. The van der Waals surface area contributed by atoms with Crippen LogP contribution in [0.4, 0.5) is 0 Å². The number of aromatic nitrogens is 2. The minimum Gasteiger partial charge on any atom is -0.352 e. The quantitative estimate of drug-likeness (QED) is 0.500. The summed E-state index contributed by atoms with van der Waals surface area (Å²) in [7, 11) is 0. The molecule has 1 heterocycles. The van der Waals surface area contributed by atoms with E-state index in [1.54, 1.807) is 13.0 Å². The van der Waals surface area contributed by atoms with E-state index in [1.807, 2.05) is 0 Å². The van der Waals surface area contributed by atoms with Gasteiger partial charge in [0.15, 0.2) is 6.29 Å². The third-order valence-electron chi connectivity index (χ3n) is 1.68. The molecule has 6 nitrogen and oxygen atoms in total. The Morgan fingerprint density at radius 1 is 1.79 bits per heavy atom. The molecule has 0 aliphatic carbocycles. The van der Waals surface area contributed by atoms with E-state index in [-0.39, 0.29) is 6.54 Å². The van der Waals surface area contributed by atoms with Gasteiger partial charge in [-0.1, -0.05) is 0 Å². The Balaban J connectivity index is 2.65. The number of carbonyl (C=O) groups excluding carboxylic acids is 1. The minimum absolute atomic E-state index is 0.165. The molecule has 0 aliphatic rings. The van der Waals surface area contributed by atoms with Gasteiger partial charge in [-0.05, 0) is 18.2 Å². The van der Waals surface area contributed by atoms with E-state index in [9.17, 15) is 9.70 Å². The summed E-state index contributed by atoms with van der Waals surface area (Å²) >= 11 is 0.